The molecule has 1 heterocycles. The summed E-state index contributed by atoms with van der Waals surface area (Å²) >= 11 is 0. The second-order valence-electron chi connectivity index (χ2n) is 5.12. The van der Waals surface area contributed by atoms with Gasteiger partial charge in [-0.05, 0) is 25.7 Å². The van der Waals surface area contributed by atoms with Gasteiger partial charge >= 0.3 is 0 Å². The van der Waals surface area contributed by atoms with Crippen molar-refractivity contribution in [3.05, 3.63) is 12.4 Å². The number of imidazole rings is 1. The molecule has 96 valence electrons. The zero-order valence-electron chi connectivity index (χ0n) is 11.0. The highest BCUT2D eigenvalue weighted by Crippen LogP contribution is 2.28. The van der Waals surface area contributed by atoms with Gasteiger partial charge in [0.15, 0.2) is 0 Å². The van der Waals surface area contributed by atoms with Crippen molar-refractivity contribution >= 4 is 5.95 Å². The minimum atomic E-state index is 0.321. The lowest BCUT2D eigenvalue weighted by Crippen LogP contribution is -2.25. The summed E-state index contributed by atoms with van der Waals surface area (Å²) in [5.41, 5.74) is 0. The molecule has 0 saturated heterocycles. The fourth-order valence-corrected chi connectivity index (χ4v) is 2.63. The van der Waals surface area contributed by atoms with Crippen molar-refractivity contribution in [1.82, 2.24) is 9.55 Å². The number of rotatable bonds is 5. The third-order valence-corrected chi connectivity index (χ3v) is 3.73. The number of nitrogens with zero attached hydrogens (tertiary/aromatic N) is 2. The molecular formula is C13H23N3O. The number of anilines is 1. The highest BCUT2D eigenvalue weighted by Gasteiger charge is 2.24. The van der Waals surface area contributed by atoms with Crippen molar-refractivity contribution in [2.45, 2.75) is 45.2 Å². The van der Waals surface area contributed by atoms with Crippen molar-refractivity contribution < 1.29 is 4.74 Å². The molecule has 1 N–H and O–H groups in total. The zero-order chi connectivity index (χ0) is 12.3. The minimum absolute atomic E-state index is 0.321. The van der Waals surface area contributed by atoms with E-state index in [0.29, 0.717) is 18.7 Å². The molecule has 1 fully saturated rings. The highest BCUT2D eigenvalue weighted by atomic mass is 16.5. The Labute approximate surface area is 103 Å². The summed E-state index contributed by atoms with van der Waals surface area (Å²) in [7, 11) is 1.74. The molecule has 1 aromatic rings. The molecule has 3 unspecified atom stereocenters. The SMILES string of the molecule is COCC(C)n1ccnc1NC1CCCC1C. The summed E-state index contributed by atoms with van der Waals surface area (Å²) in [6.45, 7) is 5.18. The second kappa shape index (κ2) is 5.54. The summed E-state index contributed by atoms with van der Waals surface area (Å²) in [6.07, 6.45) is 7.78. The standard InChI is InChI=1S/C13H23N3O/c1-10-5-4-6-12(10)15-13-14-7-8-16(13)11(2)9-17-3/h7-8,10-12H,4-6,9H2,1-3H3,(H,14,15). The molecule has 0 spiro atoms. The topological polar surface area (TPSA) is 39.1 Å². The Kier molecular flexibility index (Phi) is 4.05. The van der Waals surface area contributed by atoms with Gasteiger partial charge in [0.2, 0.25) is 5.95 Å². The number of hydrogen-bond donors (Lipinski definition) is 1. The summed E-state index contributed by atoms with van der Waals surface area (Å²) in [6, 6.07) is 0.896. The van der Waals surface area contributed by atoms with E-state index < -0.39 is 0 Å². The monoisotopic (exact) mass is 237 g/mol. The van der Waals surface area contributed by atoms with Crippen LogP contribution in [0.3, 0.4) is 0 Å². The Hall–Kier alpha value is -1.03. The van der Waals surface area contributed by atoms with Crippen LogP contribution in [0, 0.1) is 5.92 Å². The number of methoxy groups -OCH3 is 1. The van der Waals surface area contributed by atoms with Gasteiger partial charge in [-0.15, -0.1) is 0 Å². The molecule has 4 heteroatoms. The van der Waals surface area contributed by atoms with Gasteiger partial charge < -0.3 is 14.6 Å². The minimum Gasteiger partial charge on any atom is -0.383 e. The average Bonchev–Trinajstić information content (AvgIpc) is 2.90. The van der Waals surface area contributed by atoms with E-state index >= 15 is 0 Å². The van der Waals surface area contributed by atoms with Crippen molar-refractivity contribution in [3.63, 3.8) is 0 Å². The summed E-state index contributed by atoms with van der Waals surface area (Å²) in [5, 5.41) is 3.57. The van der Waals surface area contributed by atoms with Crippen LogP contribution < -0.4 is 5.32 Å². The fraction of sp³-hybridized carbons (Fsp3) is 0.769. The van der Waals surface area contributed by atoms with Crippen LogP contribution in [0.1, 0.15) is 39.2 Å². The maximum absolute atomic E-state index is 5.20. The predicted molar refractivity (Wildman–Crippen MR) is 69.2 cm³/mol. The summed E-state index contributed by atoms with van der Waals surface area (Å²) < 4.78 is 7.36. The van der Waals surface area contributed by atoms with E-state index in [1.807, 2.05) is 12.4 Å². The number of hydrogen-bond acceptors (Lipinski definition) is 3. The smallest absolute Gasteiger partial charge is 0.203 e. The summed E-state index contributed by atoms with van der Waals surface area (Å²) in [4.78, 5) is 4.41. The van der Waals surface area contributed by atoms with E-state index in [-0.39, 0.29) is 0 Å². The highest BCUT2D eigenvalue weighted by molar-refractivity contribution is 5.29. The number of aromatic nitrogens is 2. The van der Waals surface area contributed by atoms with Crippen molar-refractivity contribution in [3.8, 4) is 0 Å². The molecule has 1 aliphatic carbocycles. The van der Waals surface area contributed by atoms with Crippen molar-refractivity contribution in [2.24, 2.45) is 5.92 Å². The van der Waals surface area contributed by atoms with Gasteiger partial charge in [-0.1, -0.05) is 13.3 Å². The third kappa shape index (κ3) is 2.80. The number of nitrogens with one attached hydrogen (secondary N) is 1. The average molecular weight is 237 g/mol. The molecular weight excluding hydrogens is 214 g/mol. The van der Waals surface area contributed by atoms with Gasteiger partial charge in [0.05, 0.1) is 12.6 Å². The van der Waals surface area contributed by atoms with E-state index in [4.69, 9.17) is 4.74 Å². The van der Waals surface area contributed by atoms with E-state index in [9.17, 15) is 0 Å². The molecule has 3 atom stereocenters. The molecule has 4 nitrogen and oxygen atoms in total. The van der Waals surface area contributed by atoms with Crippen LogP contribution in [0.15, 0.2) is 12.4 Å². The number of ether oxygens (including phenoxy) is 1. The fourth-order valence-electron chi connectivity index (χ4n) is 2.63. The Balaban J connectivity index is 2.03. The zero-order valence-corrected chi connectivity index (χ0v) is 11.0. The quantitative estimate of drug-likeness (QED) is 0.855. The molecule has 1 aromatic heterocycles. The molecule has 1 saturated carbocycles. The maximum atomic E-state index is 5.20. The van der Waals surface area contributed by atoms with Gasteiger partial charge in [0, 0.05) is 25.5 Å². The molecule has 0 radical (unpaired) electrons. The first-order chi connectivity index (χ1) is 8.22. The van der Waals surface area contributed by atoms with Crippen LogP contribution in [-0.4, -0.2) is 29.3 Å². The maximum Gasteiger partial charge on any atom is 0.203 e. The first-order valence-corrected chi connectivity index (χ1v) is 6.50. The van der Waals surface area contributed by atoms with Crippen LogP contribution in [0.25, 0.3) is 0 Å². The van der Waals surface area contributed by atoms with Crippen LogP contribution in [0.2, 0.25) is 0 Å². The van der Waals surface area contributed by atoms with Gasteiger partial charge in [0.25, 0.3) is 0 Å². The summed E-state index contributed by atoms with van der Waals surface area (Å²) in [5.74, 6) is 1.73. The van der Waals surface area contributed by atoms with Crippen LogP contribution >= 0.6 is 0 Å². The van der Waals surface area contributed by atoms with Crippen molar-refractivity contribution in [2.75, 3.05) is 19.0 Å². The van der Waals surface area contributed by atoms with Gasteiger partial charge in [0.1, 0.15) is 0 Å². The lowest BCUT2D eigenvalue weighted by Gasteiger charge is -2.21. The van der Waals surface area contributed by atoms with E-state index in [0.717, 1.165) is 11.9 Å². The molecule has 17 heavy (non-hydrogen) atoms. The van der Waals surface area contributed by atoms with E-state index in [1.54, 1.807) is 7.11 Å². The van der Waals surface area contributed by atoms with Gasteiger partial charge in [-0.2, -0.15) is 0 Å². The van der Waals surface area contributed by atoms with E-state index in [2.05, 4.69) is 28.7 Å². The van der Waals surface area contributed by atoms with Crippen LogP contribution in [-0.2, 0) is 4.74 Å². The second-order valence-corrected chi connectivity index (χ2v) is 5.12. The first kappa shape index (κ1) is 12.4. The lowest BCUT2D eigenvalue weighted by molar-refractivity contribution is 0.163. The molecule has 1 aliphatic rings. The third-order valence-electron chi connectivity index (χ3n) is 3.73. The molecule has 2 rings (SSSR count). The van der Waals surface area contributed by atoms with E-state index in [1.165, 1.54) is 19.3 Å². The van der Waals surface area contributed by atoms with Crippen LogP contribution in [0.4, 0.5) is 5.95 Å². The molecule has 0 aliphatic heterocycles. The largest absolute Gasteiger partial charge is 0.383 e. The van der Waals surface area contributed by atoms with Gasteiger partial charge in [-0.25, -0.2) is 4.98 Å². The molecule has 0 amide bonds. The van der Waals surface area contributed by atoms with Gasteiger partial charge in [-0.3, -0.25) is 0 Å². The van der Waals surface area contributed by atoms with Crippen LogP contribution in [0.5, 0.6) is 0 Å². The Morgan fingerprint density at radius 1 is 1.59 bits per heavy atom. The Morgan fingerprint density at radius 2 is 2.41 bits per heavy atom. The Bertz CT molecular complexity index is 350. The predicted octanol–water partition coefficient (Wildman–Crippen LogP) is 2.69. The molecule has 0 bridgehead atoms. The molecule has 0 aromatic carbocycles. The Morgan fingerprint density at radius 3 is 3.06 bits per heavy atom. The van der Waals surface area contributed by atoms with Crippen molar-refractivity contribution in [1.29, 1.82) is 0 Å². The normalized spacial score (nSPS) is 26.1. The first-order valence-electron chi connectivity index (χ1n) is 6.50. The lowest BCUT2D eigenvalue weighted by atomic mass is 10.1.